The highest BCUT2D eigenvalue weighted by Gasteiger charge is 2.29. The summed E-state index contributed by atoms with van der Waals surface area (Å²) in [6, 6.07) is 9.78. The minimum Gasteiger partial charge on any atom is -0.468 e. The smallest absolute Gasteiger partial charge is 0.422 e. The first kappa shape index (κ1) is 21.7. The van der Waals surface area contributed by atoms with Gasteiger partial charge in [-0.1, -0.05) is 18.2 Å². The number of carbonyl (C=O) groups is 1. The van der Waals surface area contributed by atoms with Crippen molar-refractivity contribution in [2.24, 2.45) is 0 Å². The van der Waals surface area contributed by atoms with E-state index in [4.69, 9.17) is 0 Å². The molecule has 0 bridgehead atoms. The standard InChI is InChI=1S/C23H19F4N3O2/c24-20-12-28-9-8-18(20)17-3-1-2-14-4-6-16(10-19(14)17)30-22(31)15-5-7-21(29-11-15)32-13-23(25,26)27/h1-3,5,7-9,11-12,16H,4,6,10,13H2,(H,30,31). The molecule has 9 heteroatoms. The van der Waals surface area contributed by atoms with Crippen LogP contribution in [0.3, 0.4) is 0 Å². The van der Waals surface area contributed by atoms with E-state index < -0.39 is 18.6 Å². The van der Waals surface area contributed by atoms with E-state index >= 15 is 0 Å². The van der Waals surface area contributed by atoms with E-state index in [-0.39, 0.29) is 23.4 Å². The first-order valence-electron chi connectivity index (χ1n) is 9.97. The van der Waals surface area contributed by atoms with Crippen LogP contribution >= 0.6 is 0 Å². The fourth-order valence-corrected chi connectivity index (χ4v) is 3.78. The van der Waals surface area contributed by atoms with Gasteiger partial charge in [0.2, 0.25) is 5.88 Å². The van der Waals surface area contributed by atoms with Crippen LogP contribution in [0.4, 0.5) is 17.6 Å². The van der Waals surface area contributed by atoms with Gasteiger partial charge in [-0.3, -0.25) is 9.78 Å². The molecule has 1 aliphatic rings. The SMILES string of the molecule is O=C(NC1CCc2cccc(-c3ccncc3F)c2C1)c1ccc(OCC(F)(F)F)nc1. The van der Waals surface area contributed by atoms with Crippen LogP contribution in [0, 0.1) is 5.82 Å². The quantitative estimate of drug-likeness (QED) is 0.587. The topological polar surface area (TPSA) is 64.1 Å². The number of aryl methyl sites for hydroxylation is 1. The molecule has 0 saturated carbocycles. The number of ether oxygens (including phenoxy) is 1. The zero-order valence-electron chi connectivity index (χ0n) is 16.8. The van der Waals surface area contributed by atoms with Crippen molar-refractivity contribution in [1.29, 1.82) is 0 Å². The predicted octanol–water partition coefficient (Wildman–Crippen LogP) is 4.51. The van der Waals surface area contributed by atoms with Gasteiger partial charge in [0.15, 0.2) is 6.61 Å². The molecule has 0 fully saturated rings. The number of rotatable bonds is 5. The molecule has 3 aromatic rings. The lowest BCUT2D eigenvalue weighted by molar-refractivity contribution is -0.154. The molecular weight excluding hydrogens is 426 g/mol. The Labute approximate surface area is 181 Å². The molecule has 166 valence electrons. The zero-order valence-corrected chi connectivity index (χ0v) is 16.8. The minimum atomic E-state index is -4.47. The summed E-state index contributed by atoms with van der Waals surface area (Å²) < 4.78 is 55.6. The van der Waals surface area contributed by atoms with Crippen LogP contribution < -0.4 is 10.1 Å². The summed E-state index contributed by atoms with van der Waals surface area (Å²) in [6.07, 6.45) is 1.38. The van der Waals surface area contributed by atoms with Crippen LogP contribution in [0.25, 0.3) is 11.1 Å². The highest BCUT2D eigenvalue weighted by atomic mass is 19.4. The van der Waals surface area contributed by atoms with Crippen molar-refractivity contribution in [3.63, 3.8) is 0 Å². The fraction of sp³-hybridized carbons (Fsp3) is 0.261. The van der Waals surface area contributed by atoms with Crippen LogP contribution in [0.2, 0.25) is 0 Å². The van der Waals surface area contributed by atoms with E-state index in [0.29, 0.717) is 18.4 Å². The van der Waals surface area contributed by atoms with E-state index in [1.165, 1.54) is 30.7 Å². The zero-order chi connectivity index (χ0) is 22.7. The molecule has 2 aromatic heterocycles. The second kappa shape index (κ2) is 8.94. The van der Waals surface area contributed by atoms with Gasteiger partial charge in [0, 0.05) is 30.1 Å². The van der Waals surface area contributed by atoms with Crippen molar-refractivity contribution in [3.05, 3.63) is 77.5 Å². The molecular formula is C23H19F4N3O2. The van der Waals surface area contributed by atoms with Crippen LogP contribution in [-0.2, 0) is 12.8 Å². The summed E-state index contributed by atoms with van der Waals surface area (Å²) in [5, 5.41) is 2.94. The predicted molar refractivity (Wildman–Crippen MR) is 109 cm³/mol. The van der Waals surface area contributed by atoms with Crippen molar-refractivity contribution < 1.29 is 27.1 Å². The number of nitrogens with one attached hydrogen (secondary N) is 1. The third-order valence-electron chi connectivity index (χ3n) is 5.27. The monoisotopic (exact) mass is 445 g/mol. The number of alkyl halides is 3. The minimum absolute atomic E-state index is 0.179. The lowest BCUT2D eigenvalue weighted by Gasteiger charge is -2.27. The number of carbonyl (C=O) groups excluding carboxylic acids is 1. The van der Waals surface area contributed by atoms with Gasteiger partial charge in [0.1, 0.15) is 5.82 Å². The molecule has 0 spiro atoms. The molecule has 0 saturated heterocycles. The third kappa shape index (κ3) is 5.04. The normalized spacial score (nSPS) is 15.7. The van der Waals surface area contributed by atoms with Gasteiger partial charge in [-0.15, -0.1) is 0 Å². The summed E-state index contributed by atoms with van der Waals surface area (Å²) >= 11 is 0. The molecule has 1 unspecified atom stereocenters. The number of nitrogens with zero attached hydrogens (tertiary/aromatic N) is 2. The van der Waals surface area contributed by atoms with E-state index in [9.17, 15) is 22.4 Å². The fourth-order valence-electron chi connectivity index (χ4n) is 3.78. The van der Waals surface area contributed by atoms with Crippen molar-refractivity contribution in [1.82, 2.24) is 15.3 Å². The maximum atomic E-state index is 14.3. The van der Waals surface area contributed by atoms with Crippen LogP contribution in [0.15, 0.2) is 55.0 Å². The van der Waals surface area contributed by atoms with Crippen molar-refractivity contribution in [3.8, 4) is 17.0 Å². The number of hydrogen-bond acceptors (Lipinski definition) is 4. The number of fused-ring (bicyclic) bond motifs is 1. The number of hydrogen-bond donors (Lipinski definition) is 1. The van der Waals surface area contributed by atoms with E-state index in [1.807, 2.05) is 18.2 Å². The Morgan fingerprint density at radius 3 is 2.69 bits per heavy atom. The van der Waals surface area contributed by atoms with E-state index in [2.05, 4.69) is 20.0 Å². The molecule has 1 N–H and O–H groups in total. The molecule has 2 heterocycles. The van der Waals surface area contributed by atoms with Crippen LogP contribution in [-0.4, -0.2) is 34.7 Å². The van der Waals surface area contributed by atoms with Gasteiger partial charge >= 0.3 is 6.18 Å². The van der Waals surface area contributed by atoms with Crippen molar-refractivity contribution >= 4 is 5.91 Å². The summed E-state index contributed by atoms with van der Waals surface area (Å²) in [7, 11) is 0. The van der Waals surface area contributed by atoms with Gasteiger partial charge in [-0.2, -0.15) is 13.2 Å². The third-order valence-corrected chi connectivity index (χ3v) is 5.27. The summed E-state index contributed by atoms with van der Waals surface area (Å²) in [5.74, 6) is -1.01. The van der Waals surface area contributed by atoms with Gasteiger partial charge in [0.25, 0.3) is 5.91 Å². The van der Waals surface area contributed by atoms with Crippen molar-refractivity contribution in [2.45, 2.75) is 31.5 Å². The van der Waals surface area contributed by atoms with Crippen LogP contribution in [0.1, 0.15) is 27.9 Å². The maximum absolute atomic E-state index is 14.3. The molecule has 1 amide bonds. The second-order valence-corrected chi connectivity index (χ2v) is 7.50. The molecule has 1 aliphatic carbocycles. The number of amides is 1. The van der Waals surface area contributed by atoms with Crippen molar-refractivity contribution in [2.75, 3.05) is 6.61 Å². The average Bonchev–Trinajstić information content (AvgIpc) is 2.77. The Morgan fingerprint density at radius 2 is 1.97 bits per heavy atom. The largest absolute Gasteiger partial charge is 0.468 e. The number of pyridine rings is 2. The average molecular weight is 445 g/mol. The first-order valence-corrected chi connectivity index (χ1v) is 9.97. The molecule has 0 aliphatic heterocycles. The summed E-state index contributed by atoms with van der Waals surface area (Å²) in [4.78, 5) is 20.2. The molecule has 0 radical (unpaired) electrons. The van der Waals surface area contributed by atoms with Gasteiger partial charge < -0.3 is 10.1 Å². The Morgan fingerprint density at radius 1 is 1.12 bits per heavy atom. The molecule has 5 nitrogen and oxygen atoms in total. The number of halogens is 4. The van der Waals surface area contributed by atoms with Gasteiger partial charge in [-0.25, -0.2) is 9.37 Å². The maximum Gasteiger partial charge on any atom is 0.422 e. The molecule has 32 heavy (non-hydrogen) atoms. The van der Waals surface area contributed by atoms with Crippen LogP contribution in [0.5, 0.6) is 5.88 Å². The van der Waals surface area contributed by atoms with Gasteiger partial charge in [0.05, 0.1) is 11.8 Å². The lowest BCUT2D eigenvalue weighted by atomic mass is 9.83. The highest BCUT2D eigenvalue weighted by molar-refractivity contribution is 5.94. The number of aromatic nitrogens is 2. The molecule has 4 rings (SSSR count). The Kier molecular flexibility index (Phi) is 6.07. The van der Waals surface area contributed by atoms with Gasteiger partial charge in [-0.05, 0) is 48.1 Å². The Balaban J connectivity index is 1.45. The number of benzene rings is 1. The van der Waals surface area contributed by atoms with E-state index in [0.717, 1.165) is 23.1 Å². The summed E-state index contributed by atoms with van der Waals surface area (Å²) in [5.41, 5.74) is 3.53. The molecule has 1 atom stereocenters. The Bertz CT molecular complexity index is 1120. The van der Waals surface area contributed by atoms with E-state index in [1.54, 1.807) is 6.07 Å². The highest BCUT2D eigenvalue weighted by Crippen LogP contribution is 2.33. The second-order valence-electron chi connectivity index (χ2n) is 7.50. The lowest BCUT2D eigenvalue weighted by Crippen LogP contribution is -2.39. The molecule has 1 aromatic carbocycles. The summed E-state index contributed by atoms with van der Waals surface area (Å²) in [6.45, 7) is -1.45. The first-order chi connectivity index (χ1) is 15.3. The Hall–Kier alpha value is -3.49.